The summed E-state index contributed by atoms with van der Waals surface area (Å²) in [5.41, 5.74) is 2.91. The number of carbonyl (C=O) groups excluding carboxylic acids is 3. The molecule has 3 N–H and O–H groups in total. The highest BCUT2D eigenvalue weighted by Crippen LogP contribution is 2.32. The van der Waals surface area contributed by atoms with Crippen molar-refractivity contribution in [2.45, 2.75) is 32.1 Å². The summed E-state index contributed by atoms with van der Waals surface area (Å²) >= 11 is 1.25. The monoisotopic (exact) mass is 413 g/mol. The first-order valence-corrected chi connectivity index (χ1v) is 10.3. The minimum absolute atomic E-state index is 0.161. The number of carbonyl (C=O) groups is 3. The van der Waals surface area contributed by atoms with E-state index in [1.807, 2.05) is 31.2 Å². The van der Waals surface area contributed by atoms with Crippen molar-refractivity contribution in [2.24, 2.45) is 0 Å². The van der Waals surface area contributed by atoms with Crippen molar-refractivity contribution in [1.29, 1.82) is 0 Å². The lowest BCUT2D eigenvalue weighted by molar-refractivity contribution is -0.122. The van der Waals surface area contributed by atoms with Crippen LogP contribution in [0, 0.1) is 6.92 Å². The van der Waals surface area contributed by atoms with Crippen LogP contribution in [0.15, 0.2) is 42.5 Å². The Balaban J connectivity index is 1.50. The average molecular weight is 413 g/mol. The van der Waals surface area contributed by atoms with Gasteiger partial charge in [0.15, 0.2) is 6.10 Å². The van der Waals surface area contributed by atoms with Crippen LogP contribution >= 0.6 is 11.8 Å². The van der Waals surface area contributed by atoms with E-state index in [4.69, 9.17) is 4.74 Å². The molecule has 3 amide bonds. The number of ether oxygens (including phenoxy) is 1. The Kier molecular flexibility index (Phi) is 6.43. The second-order valence-electron chi connectivity index (χ2n) is 6.82. The molecule has 0 saturated heterocycles. The third-order valence-corrected chi connectivity index (χ3v) is 5.49. The predicted molar refractivity (Wildman–Crippen MR) is 116 cm³/mol. The maximum absolute atomic E-state index is 12.4. The van der Waals surface area contributed by atoms with E-state index in [9.17, 15) is 14.4 Å². The highest BCUT2D eigenvalue weighted by molar-refractivity contribution is 8.01. The number of thioether (sulfide) groups is 1. The molecule has 2 aromatic carbocycles. The Morgan fingerprint density at radius 3 is 2.55 bits per heavy atom. The van der Waals surface area contributed by atoms with Crippen LogP contribution in [0.5, 0.6) is 5.75 Å². The van der Waals surface area contributed by atoms with Crippen molar-refractivity contribution < 1.29 is 19.1 Å². The quantitative estimate of drug-likeness (QED) is 0.674. The van der Waals surface area contributed by atoms with Gasteiger partial charge < -0.3 is 20.7 Å². The fraction of sp³-hybridized carbons (Fsp3) is 0.286. The van der Waals surface area contributed by atoms with E-state index in [1.165, 1.54) is 11.8 Å². The van der Waals surface area contributed by atoms with Gasteiger partial charge in [-0.25, -0.2) is 0 Å². The molecule has 0 saturated carbocycles. The van der Waals surface area contributed by atoms with E-state index >= 15 is 0 Å². The zero-order valence-corrected chi connectivity index (χ0v) is 17.3. The Hall–Kier alpha value is -3.00. The molecule has 8 heteroatoms. The number of fused-ring (bicyclic) bond motifs is 1. The highest BCUT2D eigenvalue weighted by Gasteiger charge is 2.24. The predicted octanol–water partition coefficient (Wildman–Crippen LogP) is 3.41. The summed E-state index contributed by atoms with van der Waals surface area (Å²) < 4.78 is 5.50. The van der Waals surface area contributed by atoms with Gasteiger partial charge in [-0.15, -0.1) is 11.8 Å². The first-order valence-electron chi connectivity index (χ1n) is 9.22. The van der Waals surface area contributed by atoms with E-state index in [2.05, 4.69) is 16.0 Å². The van der Waals surface area contributed by atoms with Crippen molar-refractivity contribution in [3.63, 3.8) is 0 Å². The van der Waals surface area contributed by atoms with Gasteiger partial charge in [0.2, 0.25) is 11.8 Å². The summed E-state index contributed by atoms with van der Waals surface area (Å²) in [5.74, 6) is 0.0969. The second kappa shape index (κ2) is 9.00. The van der Waals surface area contributed by atoms with Crippen molar-refractivity contribution in [1.82, 2.24) is 0 Å². The Morgan fingerprint density at radius 1 is 1.14 bits per heavy atom. The van der Waals surface area contributed by atoms with E-state index in [0.29, 0.717) is 17.1 Å². The van der Waals surface area contributed by atoms with Gasteiger partial charge in [0, 0.05) is 11.4 Å². The minimum Gasteiger partial charge on any atom is -0.479 e. The van der Waals surface area contributed by atoms with Gasteiger partial charge in [-0.2, -0.15) is 0 Å². The number of hydrogen-bond acceptors (Lipinski definition) is 5. The molecule has 3 rings (SSSR count). The average Bonchev–Trinajstić information content (AvgIpc) is 2.69. The van der Waals surface area contributed by atoms with Gasteiger partial charge in [-0.05, 0) is 51.1 Å². The summed E-state index contributed by atoms with van der Waals surface area (Å²) in [7, 11) is 0. The lowest BCUT2D eigenvalue weighted by atomic mass is 10.2. The Bertz CT molecular complexity index is 930. The van der Waals surface area contributed by atoms with Crippen LogP contribution in [0.4, 0.5) is 17.1 Å². The highest BCUT2D eigenvalue weighted by atomic mass is 32.2. The molecule has 0 radical (unpaired) electrons. The van der Waals surface area contributed by atoms with Crippen LogP contribution in [0.3, 0.4) is 0 Å². The van der Waals surface area contributed by atoms with Crippen LogP contribution in [-0.4, -0.2) is 34.8 Å². The molecule has 29 heavy (non-hydrogen) atoms. The maximum Gasteiger partial charge on any atom is 0.265 e. The maximum atomic E-state index is 12.4. The fourth-order valence-electron chi connectivity index (χ4n) is 2.64. The fourth-order valence-corrected chi connectivity index (χ4v) is 3.32. The van der Waals surface area contributed by atoms with Crippen molar-refractivity contribution in [3.8, 4) is 5.75 Å². The lowest BCUT2D eigenvalue weighted by Crippen LogP contribution is -2.34. The zero-order valence-electron chi connectivity index (χ0n) is 16.4. The third-order valence-electron chi connectivity index (χ3n) is 4.35. The molecule has 0 fully saturated rings. The molecule has 7 nitrogen and oxygen atoms in total. The van der Waals surface area contributed by atoms with Gasteiger partial charge in [-0.3, -0.25) is 14.4 Å². The van der Waals surface area contributed by atoms with Crippen LogP contribution in [0.2, 0.25) is 0 Å². The minimum atomic E-state index is -0.551. The molecule has 1 aliphatic rings. The molecule has 2 aromatic rings. The lowest BCUT2D eigenvalue weighted by Gasteiger charge is -2.23. The summed E-state index contributed by atoms with van der Waals surface area (Å²) in [6, 6.07) is 12.6. The Labute approximate surface area is 173 Å². The van der Waals surface area contributed by atoms with Crippen molar-refractivity contribution >= 4 is 46.5 Å². The van der Waals surface area contributed by atoms with Crippen LogP contribution in [0.25, 0.3) is 0 Å². The van der Waals surface area contributed by atoms with E-state index in [1.54, 1.807) is 32.0 Å². The summed E-state index contributed by atoms with van der Waals surface area (Å²) in [5, 5.41) is 7.92. The van der Waals surface area contributed by atoms with E-state index < -0.39 is 11.4 Å². The molecule has 0 aliphatic carbocycles. The molecular formula is C21H23N3O4S. The van der Waals surface area contributed by atoms with Crippen LogP contribution < -0.4 is 20.7 Å². The van der Waals surface area contributed by atoms with Crippen molar-refractivity contribution in [2.75, 3.05) is 21.7 Å². The van der Waals surface area contributed by atoms with Gasteiger partial charge >= 0.3 is 0 Å². The summed E-state index contributed by atoms with van der Waals surface area (Å²) in [6.07, 6.45) is -0.551. The van der Waals surface area contributed by atoms with Gasteiger partial charge in [0.25, 0.3) is 5.91 Å². The van der Waals surface area contributed by atoms with Crippen LogP contribution in [-0.2, 0) is 14.4 Å². The number of aryl methyl sites for hydroxylation is 1. The topological polar surface area (TPSA) is 96.5 Å². The first kappa shape index (κ1) is 20.7. The van der Waals surface area contributed by atoms with E-state index in [0.717, 1.165) is 11.3 Å². The third kappa shape index (κ3) is 5.51. The number of nitrogens with one attached hydrogen (secondary N) is 3. The normalized spacial score (nSPS) is 16.1. The molecule has 1 heterocycles. The molecule has 152 valence electrons. The number of hydrogen-bond donors (Lipinski definition) is 3. The second-order valence-corrected chi connectivity index (χ2v) is 8.15. The van der Waals surface area contributed by atoms with Gasteiger partial charge in [-0.1, -0.05) is 17.7 Å². The number of anilines is 3. The Morgan fingerprint density at radius 2 is 1.83 bits per heavy atom. The van der Waals surface area contributed by atoms with Crippen LogP contribution in [0.1, 0.15) is 19.4 Å². The molecule has 0 unspecified atom stereocenters. The molecular weight excluding hydrogens is 390 g/mol. The molecule has 0 aromatic heterocycles. The SMILES string of the molecule is Cc1ccc(NC(=O)CS[C@H](C)C(=O)Nc2ccc3c(c2)NC(=O)[C@@H](C)O3)cc1. The summed E-state index contributed by atoms with van der Waals surface area (Å²) in [4.78, 5) is 36.2. The number of rotatable bonds is 6. The molecule has 0 spiro atoms. The number of benzene rings is 2. The van der Waals surface area contributed by atoms with Gasteiger partial charge in [0.1, 0.15) is 5.75 Å². The number of amides is 3. The molecule has 0 bridgehead atoms. The largest absolute Gasteiger partial charge is 0.479 e. The summed E-state index contributed by atoms with van der Waals surface area (Å²) in [6.45, 7) is 5.39. The molecule has 2 atom stereocenters. The zero-order chi connectivity index (χ0) is 21.0. The standard InChI is InChI=1S/C21H23N3O4S/c1-12-4-6-15(7-5-12)22-19(25)11-29-14(3)21(27)23-16-8-9-18-17(10-16)24-20(26)13(2)28-18/h4-10,13-14H,11H2,1-3H3,(H,22,25)(H,23,27)(H,24,26)/t13-,14-/m1/s1. The van der Waals surface area contributed by atoms with E-state index in [-0.39, 0.29) is 23.5 Å². The van der Waals surface area contributed by atoms with Crippen molar-refractivity contribution in [3.05, 3.63) is 48.0 Å². The molecule has 1 aliphatic heterocycles. The first-order chi connectivity index (χ1) is 13.8. The smallest absolute Gasteiger partial charge is 0.265 e. The van der Waals surface area contributed by atoms with Gasteiger partial charge in [0.05, 0.1) is 16.7 Å².